The molecule has 41 heavy (non-hydrogen) atoms. The van der Waals surface area contributed by atoms with Gasteiger partial charge < -0.3 is 24.4 Å². The van der Waals surface area contributed by atoms with Gasteiger partial charge in [-0.25, -0.2) is 4.79 Å². The number of rotatable bonds is 7. The monoisotopic (exact) mass is 576 g/mol. The molecule has 0 spiro atoms. The highest BCUT2D eigenvalue weighted by Gasteiger charge is 2.39. The quantitative estimate of drug-likeness (QED) is 0.246. The average molecular weight is 577 g/mol. The van der Waals surface area contributed by atoms with Crippen molar-refractivity contribution in [1.82, 2.24) is 0 Å². The van der Waals surface area contributed by atoms with E-state index in [1.54, 1.807) is 37.3 Å². The number of esters is 2. The van der Waals surface area contributed by atoms with E-state index < -0.39 is 11.5 Å². The number of ether oxygens (including phenoxy) is 3. The summed E-state index contributed by atoms with van der Waals surface area (Å²) in [5.74, 6) is 0.0865. The Labute approximate surface area is 244 Å². The SMILES string of the molecule is COc1cc(OC(=O)C2CCCCC2)ccc1-c1ccc2c(c1COC(=O)c1ccc(C)s1)N(C)C(=O)C(C)(C)N2. The highest BCUT2D eigenvalue weighted by Crippen LogP contribution is 2.45. The molecule has 1 N–H and O–H groups in total. The van der Waals surface area contributed by atoms with Gasteiger partial charge in [0.2, 0.25) is 0 Å². The molecule has 216 valence electrons. The summed E-state index contributed by atoms with van der Waals surface area (Å²) >= 11 is 1.37. The third-order valence-corrected chi connectivity index (χ3v) is 8.79. The molecule has 1 aromatic heterocycles. The predicted octanol–water partition coefficient (Wildman–Crippen LogP) is 6.74. The van der Waals surface area contributed by atoms with Crippen LogP contribution in [0, 0.1) is 12.8 Å². The molecular weight excluding hydrogens is 540 g/mol. The molecule has 3 aromatic rings. The van der Waals surface area contributed by atoms with Gasteiger partial charge in [-0.2, -0.15) is 0 Å². The summed E-state index contributed by atoms with van der Waals surface area (Å²) in [7, 11) is 3.29. The summed E-state index contributed by atoms with van der Waals surface area (Å²) < 4.78 is 17.3. The van der Waals surface area contributed by atoms with Crippen molar-refractivity contribution in [3.05, 3.63) is 57.8 Å². The van der Waals surface area contributed by atoms with Crippen LogP contribution in [0.3, 0.4) is 0 Å². The van der Waals surface area contributed by atoms with Crippen molar-refractivity contribution in [2.24, 2.45) is 5.92 Å². The maximum absolute atomic E-state index is 13.3. The lowest BCUT2D eigenvalue weighted by Crippen LogP contribution is -2.52. The largest absolute Gasteiger partial charge is 0.496 e. The third-order valence-electron chi connectivity index (χ3n) is 7.81. The zero-order valence-corrected chi connectivity index (χ0v) is 25.0. The van der Waals surface area contributed by atoms with Gasteiger partial charge in [0.05, 0.1) is 24.4 Å². The predicted molar refractivity (Wildman–Crippen MR) is 160 cm³/mol. The number of aryl methyl sites for hydroxylation is 1. The molecule has 0 atom stereocenters. The molecule has 9 heteroatoms. The van der Waals surface area contributed by atoms with Crippen LogP contribution < -0.4 is 19.7 Å². The van der Waals surface area contributed by atoms with Crippen LogP contribution in [0.4, 0.5) is 11.4 Å². The van der Waals surface area contributed by atoms with E-state index in [1.165, 1.54) is 11.3 Å². The fraction of sp³-hybridized carbons (Fsp3) is 0.406. The van der Waals surface area contributed by atoms with Crippen molar-refractivity contribution in [2.75, 3.05) is 24.4 Å². The summed E-state index contributed by atoms with van der Waals surface area (Å²) in [6.45, 7) is 5.54. The first-order chi connectivity index (χ1) is 19.6. The second-order valence-corrected chi connectivity index (χ2v) is 12.5. The van der Waals surface area contributed by atoms with Gasteiger partial charge in [-0.1, -0.05) is 25.3 Å². The van der Waals surface area contributed by atoms with Gasteiger partial charge >= 0.3 is 11.9 Å². The van der Waals surface area contributed by atoms with Gasteiger partial charge in [-0.05, 0) is 69.5 Å². The molecule has 2 aromatic carbocycles. The van der Waals surface area contributed by atoms with Gasteiger partial charge in [0.1, 0.15) is 28.5 Å². The Balaban J connectivity index is 1.52. The highest BCUT2D eigenvalue weighted by molar-refractivity contribution is 7.13. The maximum atomic E-state index is 13.3. The van der Waals surface area contributed by atoms with Crippen LogP contribution >= 0.6 is 11.3 Å². The number of carbonyl (C=O) groups excluding carboxylic acids is 3. The standard InChI is InChI=1S/C32H36N2O6S/c1-19-11-16-27(41-19)30(36)39-18-24-22(14-15-25-28(24)34(4)31(37)32(2,3)33-25)23-13-12-21(17-26(23)38-5)40-29(35)20-9-7-6-8-10-20/h11-17,20,33H,6-10,18H2,1-5H3. The summed E-state index contributed by atoms with van der Waals surface area (Å²) in [6, 6.07) is 12.8. The van der Waals surface area contributed by atoms with Crippen molar-refractivity contribution >= 4 is 40.6 Å². The Morgan fingerprint density at radius 1 is 1.05 bits per heavy atom. The van der Waals surface area contributed by atoms with E-state index in [9.17, 15) is 14.4 Å². The second kappa shape index (κ2) is 11.6. The molecule has 0 radical (unpaired) electrons. The van der Waals surface area contributed by atoms with E-state index in [2.05, 4.69) is 5.32 Å². The molecule has 0 unspecified atom stereocenters. The Kier molecular flexibility index (Phi) is 8.09. The molecule has 1 amide bonds. The van der Waals surface area contributed by atoms with Gasteiger partial charge in [-0.3, -0.25) is 9.59 Å². The smallest absolute Gasteiger partial charge is 0.348 e. The molecule has 8 nitrogen and oxygen atoms in total. The Hall–Kier alpha value is -3.85. The normalized spacial score (nSPS) is 16.5. The molecule has 5 rings (SSSR count). The summed E-state index contributed by atoms with van der Waals surface area (Å²) in [6.07, 6.45) is 4.96. The fourth-order valence-electron chi connectivity index (χ4n) is 5.68. The number of nitrogens with one attached hydrogen (secondary N) is 1. The number of methoxy groups -OCH3 is 1. The number of amides is 1. The number of thiophene rings is 1. The summed E-state index contributed by atoms with van der Waals surface area (Å²) in [4.78, 5) is 42.1. The van der Waals surface area contributed by atoms with Crippen LogP contribution in [0.2, 0.25) is 0 Å². The minimum atomic E-state index is -0.798. The van der Waals surface area contributed by atoms with Crippen LogP contribution in [0.5, 0.6) is 11.5 Å². The lowest BCUT2D eigenvalue weighted by atomic mass is 9.89. The lowest BCUT2D eigenvalue weighted by Gasteiger charge is -2.39. The molecule has 2 aliphatic rings. The first-order valence-electron chi connectivity index (χ1n) is 13.9. The number of fused-ring (bicyclic) bond motifs is 1. The Morgan fingerprint density at radius 2 is 1.78 bits per heavy atom. The van der Waals surface area contributed by atoms with Gasteiger partial charge in [0.15, 0.2) is 0 Å². The number of anilines is 2. The minimum Gasteiger partial charge on any atom is -0.496 e. The van der Waals surface area contributed by atoms with E-state index in [0.29, 0.717) is 27.6 Å². The van der Waals surface area contributed by atoms with Crippen molar-refractivity contribution in [1.29, 1.82) is 0 Å². The first-order valence-corrected chi connectivity index (χ1v) is 14.8. The van der Waals surface area contributed by atoms with E-state index in [0.717, 1.165) is 53.8 Å². The second-order valence-electron chi connectivity index (χ2n) is 11.2. The number of hydrogen-bond acceptors (Lipinski definition) is 8. The first kappa shape index (κ1) is 28.7. The van der Waals surface area contributed by atoms with Crippen molar-refractivity contribution in [3.63, 3.8) is 0 Å². The van der Waals surface area contributed by atoms with Crippen LogP contribution in [-0.2, 0) is 20.9 Å². The Morgan fingerprint density at radius 3 is 2.46 bits per heavy atom. The van der Waals surface area contributed by atoms with Gasteiger partial charge in [-0.15, -0.1) is 11.3 Å². The minimum absolute atomic E-state index is 0.0599. The van der Waals surface area contributed by atoms with Gasteiger partial charge in [0, 0.05) is 29.1 Å². The summed E-state index contributed by atoms with van der Waals surface area (Å²) in [5.41, 5.74) is 2.72. The maximum Gasteiger partial charge on any atom is 0.348 e. The molecule has 1 aliphatic heterocycles. The molecular formula is C32H36N2O6S. The van der Waals surface area contributed by atoms with Crippen LogP contribution in [0.1, 0.15) is 66.1 Å². The fourth-order valence-corrected chi connectivity index (χ4v) is 6.44. The lowest BCUT2D eigenvalue weighted by molar-refractivity contribution is -0.140. The van der Waals surface area contributed by atoms with E-state index in [-0.39, 0.29) is 24.4 Å². The third kappa shape index (κ3) is 5.81. The topological polar surface area (TPSA) is 94.2 Å². The number of likely N-dealkylation sites (N-methyl/N-ethyl adjacent to an activating group) is 1. The molecule has 1 saturated carbocycles. The van der Waals surface area contributed by atoms with Crippen molar-refractivity contribution in [2.45, 2.75) is 65.0 Å². The van der Waals surface area contributed by atoms with E-state index in [1.807, 2.05) is 45.0 Å². The van der Waals surface area contributed by atoms with E-state index >= 15 is 0 Å². The molecule has 2 heterocycles. The Bertz CT molecular complexity index is 1490. The number of nitrogens with zero attached hydrogens (tertiary/aromatic N) is 1. The molecule has 1 aliphatic carbocycles. The van der Waals surface area contributed by atoms with Gasteiger partial charge in [0.25, 0.3) is 5.91 Å². The zero-order chi connectivity index (χ0) is 29.3. The molecule has 1 fully saturated rings. The van der Waals surface area contributed by atoms with Crippen LogP contribution in [-0.4, -0.2) is 37.5 Å². The van der Waals surface area contributed by atoms with E-state index in [4.69, 9.17) is 14.2 Å². The molecule has 0 saturated heterocycles. The number of carbonyl (C=O) groups is 3. The highest BCUT2D eigenvalue weighted by atomic mass is 32.1. The van der Waals surface area contributed by atoms with Crippen LogP contribution in [0.25, 0.3) is 11.1 Å². The van der Waals surface area contributed by atoms with Crippen LogP contribution in [0.15, 0.2) is 42.5 Å². The van der Waals surface area contributed by atoms with Crippen molar-refractivity contribution in [3.8, 4) is 22.6 Å². The summed E-state index contributed by atoms with van der Waals surface area (Å²) in [5, 5.41) is 3.33. The molecule has 0 bridgehead atoms. The average Bonchev–Trinajstić information content (AvgIpc) is 3.41. The van der Waals surface area contributed by atoms with Crippen molar-refractivity contribution < 1.29 is 28.6 Å². The number of benzene rings is 2. The zero-order valence-electron chi connectivity index (χ0n) is 24.2. The number of hydrogen-bond donors (Lipinski definition) is 1.